The van der Waals surface area contributed by atoms with Crippen molar-refractivity contribution < 1.29 is 28.8 Å². The summed E-state index contributed by atoms with van der Waals surface area (Å²) < 4.78 is 13.1. The van der Waals surface area contributed by atoms with Gasteiger partial charge in [-0.25, -0.2) is 14.4 Å². The maximum atomic E-state index is 14.0. The second kappa shape index (κ2) is 11.7. The van der Waals surface area contributed by atoms with Crippen molar-refractivity contribution in [3.8, 4) is 5.75 Å². The first kappa shape index (κ1) is 28.5. The zero-order valence-electron chi connectivity index (χ0n) is 22.5. The van der Waals surface area contributed by atoms with E-state index in [2.05, 4.69) is 0 Å². The van der Waals surface area contributed by atoms with E-state index in [9.17, 15) is 29.3 Å². The number of nitro groups is 1. The van der Waals surface area contributed by atoms with Gasteiger partial charge in [-0.05, 0) is 29.3 Å². The van der Waals surface area contributed by atoms with Gasteiger partial charge in [0.05, 0.1) is 55.3 Å². The minimum absolute atomic E-state index is 0.0800. The molecule has 1 aromatic heterocycles. The standard InChI is InChI=1S/C28H27N5O8/c1-30(27(29)36)24(34)14-18-11-19(26(35)41-3)13-22-25(18)32(28(37)31(22)15-17-7-5-4-6-8-17)16-20-12-21(33(38)39)9-10-23(20)40-2/h4-13H,14-16H2,1-3H3,(H2,29,36). The van der Waals surface area contributed by atoms with Crippen molar-refractivity contribution in [2.24, 2.45) is 5.73 Å². The number of imide groups is 1. The molecular formula is C28H27N5O8. The van der Waals surface area contributed by atoms with Crippen LogP contribution >= 0.6 is 0 Å². The Balaban J connectivity index is 2.02. The zero-order chi connectivity index (χ0) is 29.8. The SMILES string of the molecule is COC(=O)c1cc(CC(=O)N(C)C(N)=O)c2c(c1)n(Cc1ccccc1)c(=O)n2Cc1cc([N+](=O)[O-])ccc1OC. The van der Waals surface area contributed by atoms with Crippen LogP contribution in [0, 0.1) is 10.1 Å². The number of methoxy groups -OCH3 is 2. The molecule has 0 spiro atoms. The Hall–Kier alpha value is -5.46. The lowest BCUT2D eigenvalue weighted by Crippen LogP contribution is -2.38. The summed E-state index contributed by atoms with van der Waals surface area (Å²) in [7, 11) is 3.82. The first-order chi connectivity index (χ1) is 19.5. The predicted molar refractivity (Wildman–Crippen MR) is 148 cm³/mol. The van der Waals surface area contributed by atoms with Crippen molar-refractivity contribution in [3.63, 3.8) is 0 Å². The van der Waals surface area contributed by atoms with Gasteiger partial charge >= 0.3 is 17.7 Å². The van der Waals surface area contributed by atoms with Crippen LogP contribution in [0.4, 0.5) is 10.5 Å². The topological polar surface area (TPSA) is 169 Å². The lowest BCUT2D eigenvalue weighted by Gasteiger charge is -2.15. The second-order valence-corrected chi connectivity index (χ2v) is 9.16. The summed E-state index contributed by atoms with van der Waals surface area (Å²) in [6, 6.07) is 15.1. The highest BCUT2D eigenvalue weighted by Gasteiger charge is 2.25. The number of likely N-dealkylation sites (N-methyl/N-ethyl adjacent to an activating group) is 1. The average Bonchev–Trinajstić information content (AvgIpc) is 3.22. The van der Waals surface area contributed by atoms with Gasteiger partial charge < -0.3 is 15.2 Å². The van der Waals surface area contributed by atoms with E-state index >= 15 is 0 Å². The van der Waals surface area contributed by atoms with Crippen LogP contribution < -0.4 is 16.2 Å². The minimum atomic E-state index is -0.976. The molecule has 0 bridgehead atoms. The summed E-state index contributed by atoms with van der Waals surface area (Å²) in [5.41, 5.74) is 6.64. The van der Waals surface area contributed by atoms with E-state index in [0.717, 1.165) is 10.5 Å². The van der Waals surface area contributed by atoms with Crippen molar-refractivity contribution in [3.05, 3.63) is 104 Å². The van der Waals surface area contributed by atoms with Gasteiger partial charge in [0.1, 0.15) is 5.75 Å². The quantitative estimate of drug-likeness (QED) is 0.185. The van der Waals surface area contributed by atoms with Crippen LogP contribution in [0.3, 0.4) is 0 Å². The Labute approximate surface area is 233 Å². The van der Waals surface area contributed by atoms with Crippen molar-refractivity contribution in [2.75, 3.05) is 21.3 Å². The first-order valence-electron chi connectivity index (χ1n) is 12.3. The molecule has 0 saturated heterocycles. The second-order valence-electron chi connectivity index (χ2n) is 9.16. The van der Waals surface area contributed by atoms with E-state index in [0.29, 0.717) is 22.3 Å². The lowest BCUT2D eigenvalue weighted by molar-refractivity contribution is -0.384. The Bertz CT molecular complexity index is 1730. The van der Waals surface area contributed by atoms with Crippen molar-refractivity contribution in [1.82, 2.24) is 14.0 Å². The third-order valence-corrected chi connectivity index (χ3v) is 6.65. The molecule has 0 fully saturated rings. The Morgan fingerprint density at radius 3 is 2.29 bits per heavy atom. The monoisotopic (exact) mass is 561 g/mol. The molecule has 0 atom stereocenters. The summed E-state index contributed by atoms with van der Waals surface area (Å²) in [6.45, 7) is -0.0408. The molecule has 0 unspecified atom stereocenters. The molecule has 0 aliphatic heterocycles. The van der Waals surface area contributed by atoms with E-state index in [4.69, 9.17) is 15.2 Å². The number of esters is 1. The first-order valence-corrected chi connectivity index (χ1v) is 12.3. The maximum Gasteiger partial charge on any atom is 0.337 e. The number of fused-ring (bicyclic) bond motifs is 1. The third kappa shape index (κ3) is 5.78. The number of ether oxygens (including phenoxy) is 2. The fourth-order valence-electron chi connectivity index (χ4n) is 4.55. The number of amides is 3. The van der Waals surface area contributed by atoms with E-state index in [-0.39, 0.29) is 36.3 Å². The lowest BCUT2D eigenvalue weighted by atomic mass is 10.0. The molecule has 0 aliphatic carbocycles. The highest BCUT2D eigenvalue weighted by atomic mass is 16.6. The number of nitro benzene ring substituents is 1. The fraction of sp³-hybridized carbons (Fsp3) is 0.214. The van der Waals surface area contributed by atoms with Crippen LogP contribution in [0.25, 0.3) is 11.0 Å². The van der Waals surface area contributed by atoms with Crippen LogP contribution in [-0.4, -0.2) is 58.1 Å². The number of carbonyl (C=O) groups is 3. The van der Waals surface area contributed by atoms with E-state index in [1.165, 1.54) is 60.7 Å². The molecule has 41 heavy (non-hydrogen) atoms. The van der Waals surface area contributed by atoms with Gasteiger partial charge in [0.25, 0.3) is 5.69 Å². The minimum Gasteiger partial charge on any atom is -0.496 e. The zero-order valence-corrected chi connectivity index (χ0v) is 22.5. The molecule has 0 saturated carbocycles. The number of benzene rings is 3. The summed E-state index contributed by atoms with van der Waals surface area (Å²) in [5, 5.41) is 11.5. The number of carbonyl (C=O) groups excluding carboxylic acids is 3. The number of nitrogens with zero attached hydrogens (tertiary/aromatic N) is 4. The molecule has 3 aromatic carbocycles. The number of hydrogen-bond donors (Lipinski definition) is 1. The summed E-state index contributed by atoms with van der Waals surface area (Å²) >= 11 is 0. The van der Waals surface area contributed by atoms with Crippen LogP contribution in [0.1, 0.15) is 27.0 Å². The molecular weight excluding hydrogens is 534 g/mol. The number of hydrogen-bond acceptors (Lipinski definition) is 8. The van der Waals surface area contributed by atoms with Crippen LogP contribution in [0.2, 0.25) is 0 Å². The van der Waals surface area contributed by atoms with E-state index in [1.807, 2.05) is 30.3 Å². The van der Waals surface area contributed by atoms with Gasteiger partial charge in [0.2, 0.25) is 5.91 Å². The van der Waals surface area contributed by atoms with E-state index < -0.39 is 28.5 Å². The number of primary amides is 1. The molecule has 2 N–H and O–H groups in total. The number of non-ortho nitro benzene ring substituents is 1. The molecule has 0 radical (unpaired) electrons. The van der Waals surface area contributed by atoms with Crippen molar-refractivity contribution in [2.45, 2.75) is 19.5 Å². The molecule has 3 amide bonds. The highest BCUT2D eigenvalue weighted by molar-refractivity contribution is 5.99. The van der Waals surface area contributed by atoms with Gasteiger partial charge in [-0.2, -0.15) is 0 Å². The van der Waals surface area contributed by atoms with Crippen molar-refractivity contribution in [1.29, 1.82) is 0 Å². The maximum absolute atomic E-state index is 14.0. The van der Waals surface area contributed by atoms with Gasteiger partial charge in [0.15, 0.2) is 0 Å². The molecule has 0 aliphatic rings. The Kier molecular flexibility index (Phi) is 8.17. The van der Waals surface area contributed by atoms with Gasteiger partial charge in [-0.15, -0.1) is 0 Å². The number of urea groups is 1. The van der Waals surface area contributed by atoms with Crippen molar-refractivity contribution >= 4 is 34.6 Å². The van der Waals surface area contributed by atoms with Gasteiger partial charge in [-0.1, -0.05) is 30.3 Å². The molecule has 1 heterocycles. The highest BCUT2D eigenvalue weighted by Crippen LogP contribution is 2.28. The Morgan fingerprint density at radius 1 is 0.976 bits per heavy atom. The summed E-state index contributed by atoms with van der Waals surface area (Å²) in [4.78, 5) is 62.9. The average molecular weight is 562 g/mol. The molecule has 4 aromatic rings. The Morgan fingerprint density at radius 2 is 1.68 bits per heavy atom. The van der Waals surface area contributed by atoms with Crippen LogP contribution in [0.5, 0.6) is 5.75 Å². The largest absolute Gasteiger partial charge is 0.496 e. The predicted octanol–water partition coefficient (Wildman–Crippen LogP) is 2.68. The summed E-state index contributed by atoms with van der Waals surface area (Å²) in [6.07, 6.45) is -0.387. The number of imidazole rings is 1. The smallest absolute Gasteiger partial charge is 0.337 e. The molecule has 13 heteroatoms. The normalized spacial score (nSPS) is 10.8. The van der Waals surface area contributed by atoms with Gasteiger partial charge in [-0.3, -0.25) is 28.9 Å². The number of aromatic nitrogens is 2. The van der Waals surface area contributed by atoms with E-state index in [1.54, 1.807) is 0 Å². The number of rotatable bonds is 9. The van der Waals surface area contributed by atoms with Crippen LogP contribution in [-0.2, 0) is 29.0 Å². The molecule has 13 nitrogen and oxygen atoms in total. The number of nitrogens with two attached hydrogens (primary N) is 1. The fourth-order valence-corrected chi connectivity index (χ4v) is 4.55. The van der Waals surface area contributed by atoms with Gasteiger partial charge in [0, 0.05) is 24.7 Å². The molecule has 4 rings (SSSR count). The summed E-state index contributed by atoms with van der Waals surface area (Å²) in [5.74, 6) is -1.07. The third-order valence-electron chi connectivity index (χ3n) is 6.65. The van der Waals surface area contributed by atoms with Crippen LogP contribution in [0.15, 0.2) is 65.5 Å². The molecule has 212 valence electrons.